The number of phosphoric acid groups is 1. The highest BCUT2D eigenvalue weighted by Gasteiger charge is 2.20. The van der Waals surface area contributed by atoms with Crippen LogP contribution in [0.3, 0.4) is 0 Å². The number of hydrogen-bond donors (Lipinski definition) is 1. The van der Waals surface area contributed by atoms with Crippen molar-refractivity contribution in [3.05, 3.63) is 35.4 Å². The van der Waals surface area contributed by atoms with E-state index in [1.54, 1.807) is 0 Å². The van der Waals surface area contributed by atoms with Gasteiger partial charge < -0.3 is 4.89 Å². The molecule has 1 aliphatic carbocycles. The number of phosphoric ester groups is 1. The van der Waals surface area contributed by atoms with Gasteiger partial charge in [0.05, 0.1) is 13.2 Å². The van der Waals surface area contributed by atoms with Crippen LogP contribution >= 0.6 is 7.82 Å². The molecular formula is C18H29O4P. The van der Waals surface area contributed by atoms with E-state index in [1.165, 1.54) is 43.2 Å². The molecule has 0 aliphatic heterocycles. The van der Waals surface area contributed by atoms with Crippen molar-refractivity contribution in [2.45, 2.75) is 64.2 Å². The Morgan fingerprint density at radius 3 is 2.65 bits per heavy atom. The Kier molecular flexibility index (Phi) is 7.78. The Bertz CT molecular complexity index is 511. The molecule has 0 heterocycles. The Morgan fingerprint density at radius 2 is 1.91 bits per heavy atom. The molecule has 1 N–H and O–H groups in total. The van der Waals surface area contributed by atoms with Gasteiger partial charge in [-0.1, -0.05) is 50.5 Å². The van der Waals surface area contributed by atoms with E-state index in [0.717, 1.165) is 6.42 Å². The van der Waals surface area contributed by atoms with Crippen LogP contribution in [0.1, 0.15) is 68.9 Å². The minimum absolute atomic E-state index is 0.241. The summed E-state index contributed by atoms with van der Waals surface area (Å²) in [6, 6.07) is 8.78. The van der Waals surface area contributed by atoms with E-state index in [4.69, 9.17) is 9.05 Å². The van der Waals surface area contributed by atoms with E-state index in [-0.39, 0.29) is 13.2 Å². The van der Waals surface area contributed by atoms with Gasteiger partial charge in [-0.25, -0.2) is 4.57 Å². The number of aryl methyl sites for hydroxylation is 1. The third-order valence-corrected chi connectivity index (χ3v) is 5.37. The molecule has 1 unspecified atom stereocenters. The zero-order chi connectivity index (χ0) is 16.5. The summed E-state index contributed by atoms with van der Waals surface area (Å²) in [5.74, 6) is 0.708. The van der Waals surface area contributed by atoms with Gasteiger partial charge in [0.25, 0.3) is 0 Å². The van der Waals surface area contributed by atoms with Crippen molar-refractivity contribution in [1.82, 2.24) is 0 Å². The zero-order valence-electron chi connectivity index (χ0n) is 14.1. The average Bonchev–Trinajstić information content (AvgIpc) is 2.58. The van der Waals surface area contributed by atoms with Crippen molar-refractivity contribution < 1.29 is 18.5 Å². The first-order chi connectivity index (χ1) is 11.1. The number of hydrogen-bond acceptors (Lipinski definition) is 3. The van der Waals surface area contributed by atoms with E-state index in [9.17, 15) is 9.46 Å². The minimum Gasteiger partial charge on any atom is -0.302 e. The van der Waals surface area contributed by atoms with E-state index >= 15 is 0 Å². The first-order valence-corrected chi connectivity index (χ1v) is 10.3. The van der Waals surface area contributed by atoms with E-state index in [0.29, 0.717) is 18.8 Å². The van der Waals surface area contributed by atoms with Gasteiger partial charge in [0.1, 0.15) is 0 Å². The minimum atomic E-state index is -3.86. The summed E-state index contributed by atoms with van der Waals surface area (Å²) in [5, 5.41) is 0. The summed E-state index contributed by atoms with van der Waals surface area (Å²) in [6.45, 7) is 2.38. The fraction of sp³-hybridized carbons (Fsp3) is 0.667. The average molecular weight is 340 g/mol. The van der Waals surface area contributed by atoms with Crippen molar-refractivity contribution in [1.29, 1.82) is 0 Å². The summed E-state index contributed by atoms with van der Waals surface area (Å²) in [4.78, 5) is 9.47. The van der Waals surface area contributed by atoms with Gasteiger partial charge in [-0.3, -0.25) is 9.05 Å². The van der Waals surface area contributed by atoms with Gasteiger partial charge in [0, 0.05) is 0 Å². The summed E-state index contributed by atoms with van der Waals surface area (Å²) < 4.78 is 21.4. The molecule has 5 heteroatoms. The molecule has 2 rings (SSSR count). The Balaban J connectivity index is 1.76. The molecule has 1 saturated carbocycles. The lowest BCUT2D eigenvalue weighted by Crippen LogP contribution is -2.05. The third-order valence-electron chi connectivity index (χ3n) is 4.35. The molecule has 1 aromatic carbocycles. The monoisotopic (exact) mass is 340 g/mol. The smallest absolute Gasteiger partial charge is 0.302 e. The van der Waals surface area contributed by atoms with Crippen LogP contribution in [0.25, 0.3) is 0 Å². The van der Waals surface area contributed by atoms with Crippen molar-refractivity contribution in [2.24, 2.45) is 0 Å². The van der Waals surface area contributed by atoms with Crippen molar-refractivity contribution in [3.8, 4) is 0 Å². The maximum Gasteiger partial charge on any atom is 0.472 e. The quantitative estimate of drug-likeness (QED) is 0.495. The highest BCUT2D eigenvalue weighted by atomic mass is 31.2. The lowest BCUT2D eigenvalue weighted by molar-refractivity contribution is 0.148. The summed E-state index contributed by atoms with van der Waals surface area (Å²) in [7, 11) is -3.86. The fourth-order valence-electron chi connectivity index (χ4n) is 3.14. The molecule has 130 valence electrons. The van der Waals surface area contributed by atoms with Crippen molar-refractivity contribution >= 4 is 7.82 Å². The normalized spacial score (nSPS) is 18.7. The molecule has 0 aromatic heterocycles. The fourth-order valence-corrected chi connectivity index (χ4v) is 3.99. The van der Waals surface area contributed by atoms with Crippen LogP contribution in [0.4, 0.5) is 0 Å². The second-order valence-corrected chi connectivity index (χ2v) is 7.77. The largest absolute Gasteiger partial charge is 0.472 e. The lowest BCUT2D eigenvalue weighted by Gasteiger charge is -2.22. The van der Waals surface area contributed by atoms with Gasteiger partial charge in [-0.15, -0.1) is 0 Å². The molecule has 1 atom stereocenters. The van der Waals surface area contributed by atoms with E-state index in [1.807, 2.05) is 6.92 Å². The van der Waals surface area contributed by atoms with Crippen molar-refractivity contribution in [2.75, 3.05) is 13.2 Å². The molecule has 0 bridgehead atoms. The highest BCUT2D eigenvalue weighted by Crippen LogP contribution is 2.43. The second kappa shape index (κ2) is 9.58. The number of rotatable bonds is 9. The summed E-state index contributed by atoms with van der Waals surface area (Å²) in [5.41, 5.74) is 2.72. The third kappa shape index (κ3) is 6.76. The molecule has 1 fully saturated rings. The topological polar surface area (TPSA) is 55.8 Å². The van der Waals surface area contributed by atoms with E-state index in [2.05, 4.69) is 24.3 Å². The van der Waals surface area contributed by atoms with Crippen LogP contribution in [0.2, 0.25) is 0 Å². The molecule has 0 radical (unpaired) electrons. The maximum absolute atomic E-state index is 11.6. The van der Waals surface area contributed by atoms with Gasteiger partial charge in [-0.05, 0) is 49.1 Å². The lowest BCUT2D eigenvalue weighted by atomic mass is 9.83. The van der Waals surface area contributed by atoms with Crippen LogP contribution < -0.4 is 0 Å². The summed E-state index contributed by atoms with van der Waals surface area (Å²) in [6.07, 6.45) is 8.92. The van der Waals surface area contributed by atoms with Crippen molar-refractivity contribution in [3.63, 3.8) is 0 Å². The van der Waals surface area contributed by atoms with Gasteiger partial charge >= 0.3 is 7.82 Å². The molecule has 0 spiro atoms. The molecular weight excluding hydrogens is 311 g/mol. The predicted octanol–water partition coefficient (Wildman–Crippen LogP) is 5.21. The number of benzene rings is 1. The van der Waals surface area contributed by atoms with Crippen LogP contribution in [-0.4, -0.2) is 18.1 Å². The molecule has 0 saturated heterocycles. The van der Waals surface area contributed by atoms with Crippen LogP contribution in [0.5, 0.6) is 0 Å². The van der Waals surface area contributed by atoms with Crippen LogP contribution in [-0.2, 0) is 20.0 Å². The van der Waals surface area contributed by atoms with Crippen LogP contribution in [0, 0.1) is 0 Å². The molecule has 23 heavy (non-hydrogen) atoms. The first kappa shape index (κ1) is 18.7. The molecule has 4 nitrogen and oxygen atoms in total. The predicted molar refractivity (Wildman–Crippen MR) is 92.6 cm³/mol. The highest BCUT2D eigenvalue weighted by molar-refractivity contribution is 7.47. The standard InChI is InChI=1S/C18H29O4P/c1-2-13-21-23(19,20)22-14-7-9-16-8-6-12-18(15-16)17-10-4-3-5-11-17/h6,8,12,15,17H,2-5,7,9-11,13-14H2,1H3,(H,19,20). The zero-order valence-corrected chi connectivity index (χ0v) is 15.0. The van der Waals surface area contributed by atoms with Gasteiger partial charge in [-0.2, -0.15) is 0 Å². The van der Waals surface area contributed by atoms with E-state index < -0.39 is 7.82 Å². The second-order valence-electron chi connectivity index (χ2n) is 6.32. The summed E-state index contributed by atoms with van der Waals surface area (Å²) >= 11 is 0. The Labute approximate surface area is 139 Å². The van der Waals surface area contributed by atoms with Crippen LogP contribution in [0.15, 0.2) is 24.3 Å². The molecule has 1 aromatic rings. The Morgan fingerprint density at radius 1 is 1.17 bits per heavy atom. The first-order valence-electron chi connectivity index (χ1n) is 8.81. The maximum atomic E-state index is 11.6. The molecule has 1 aliphatic rings. The van der Waals surface area contributed by atoms with Gasteiger partial charge in [0.2, 0.25) is 0 Å². The van der Waals surface area contributed by atoms with Gasteiger partial charge in [0.15, 0.2) is 0 Å². The Hall–Kier alpha value is -0.670. The molecule has 0 amide bonds. The SMILES string of the molecule is CCCOP(=O)(O)OCCCc1cccc(C2CCCCC2)c1.